The van der Waals surface area contributed by atoms with Crippen LogP contribution in [0.3, 0.4) is 0 Å². The molecule has 28 heavy (non-hydrogen) atoms. The average Bonchev–Trinajstić information content (AvgIpc) is 3.04. The molecule has 0 amide bonds. The van der Waals surface area contributed by atoms with Gasteiger partial charge in [-0.1, -0.05) is 0 Å². The molecule has 1 heterocycles. The van der Waals surface area contributed by atoms with Gasteiger partial charge in [-0.2, -0.15) is 11.8 Å². The van der Waals surface area contributed by atoms with Crippen LogP contribution in [0.15, 0.2) is 21.4 Å². The maximum atomic E-state index is 12.9. The number of rotatable bonds is 9. The molecule has 1 N–H and O–H groups in total. The van der Waals surface area contributed by atoms with Crippen LogP contribution in [0.4, 0.5) is 0 Å². The quantitative estimate of drug-likeness (QED) is 0.614. The van der Waals surface area contributed by atoms with Gasteiger partial charge in [-0.25, -0.2) is 13.1 Å². The van der Waals surface area contributed by atoms with Crippen molar-refractivity contribution >= 4 is 21.8 Å². The third kappa shape index (κ3) is 5.41. The lowest BCUT2D eigenvalue weighted by Gasteiger charge is -2.19. The van der Waals surface area contributed by atoms with Crippen molar-refractivity contribution in [2.75, 3.05) is 26.4 Å². The van der Waals surface area contributed by atoms with E-state index in [4.69, 9.17) is 4.42 Å². The van der Waals surface area contributed by atoms with E-state index in [1.165, 1.54) is 0 Å². The van der Waals surface area contributed by atoms with E-state index in [1.807, 2.05) is 60.8 Å². The zero-order chi connectivity index (χ0) is 21.1. The minimum absolute atomic E-state index is 0.392. The molecule has 1 aromatic carbocycles. The van der Waals surface area contributed by atoms with Crippen molar-refractivity contribution < 1.29 is 12.8 Å². The predicted octanol–water partition coefficient (Wildman–Crippen LogP) is 4.10. The largest absolute Gasteiger partial charge is 0.464 e. The molecule has 0 fully saturated rings. The first-order valence-electron chi connectivity index (χ1n) is 9.41. The summed E-state index contributed by atoms with van der Waals surface area (Å²) in [5.74, 6) is 3.28. The number of sulfonamides is 1. The van der Waals surface area contributed by atoms with E-state index in [0.717, 1.165) is 51.6 Å². The second-order valence-electron chi connectivity index (χ2n) is 7.51. The molecule has 0 spiro atoms. The fourth-order valence-electron chi connectivity index (χ4n) is 3.26. The van der Waals surface area contributed by atoms with Crippen LogP contribution in [0.2, 0.25) is 0 Å². The lowest BCUT2D eigenvalue weighted by atomic mass is 9.95. The smallest absolute Gasteiger partial charge is 0.241 e. The fourth-order valence-corrected chi connectivity index (χ4v) is 5.76. The maximum absolute atomic E-state index is 12.9. The average molecular weight is 425 g/mol. The first kappa shape index (κ1) is 23.0. The van der Waals surface area contributed by atoms with Crippen molar-refractivity contribution in [1.29, 1.82) is 0 Å². The highest BCUT2D eigenvalue weighted by Gasteiger charge is 2.23. The van der Waals surface area contributed by atoms with Gasteiger partial charge in [0, 0.05) is 12.3 Å². The molecule has 0 unspecified atom stereocenters. The monoisotopic (exact) mass is 424 g/mol. The second-order valence-corrected chi connectivity index (χ2v) is 10.3. The van der Waals surface area contributed by atoms with E-state index in [9.17, 15) is 8.42 Å². The summed E-state index contributed by atoms with van der Waals surface area (Å²) in [7, 11) is 0.477. The highest BCUT2D eigenvalue weighted by atomic mass is 32.2. The number of nitrogens with zero attached hydrogens (tertiary/aromatic N) is 1. The van der Waals surface area contributed by atoms with Crippen LogP contribution in [0.1, 0.15) is 39.3 Å². The summed E-state index contributed by atoms with van der Waals surface area (Å²) < 4.78 is 34.3. The van der Waals surface area contributed by atoms with E-state index in [-0.39, 0.29) is 0 Å². The third-order valence-corrected chi connectivity index (χ3v) is 7.89. The first-order valence-corrected chi connectivity index (χ1v) is 12.0. The van der Waals surface area contributed by atoms with E-state index >= 15 is 0 Å². The van der Waals surface area contributed by atoms with E-state index in [2.05, 4.69) is 9.62 Å². The minimum Gasteiger partial charge on any atom is -0.464 e. The summed E-state index contributed by atoms with van der Waals surface area (Å²) in [5.41, 5.74) is 4.93. The summed E-state index contributed by atoms with van der Waals surface area (Å²) in [6.07, 6.45) is 0. The van der Waals surface area contributed by atoms with E-state index in [0.29, 0.717) is 17.2 Å². The van der Waals surface area contributed by atoms with Crippen LogP contribution in [0.5, 0.6) is 0 Å². The zero-order valence-corrected chi connectivity index (χ0v) is 19.6. The molecule has 5 nitrogen and oxygen atoms in total. The summed E-state index contributed by atoms with van der Waals surface area (Å²) in [6, 6.07) is 3.98. The molecular formula is C21H32N2O3S2. The van der Waals surface area contributed by atoms with Crippen molar-refractivity contribution in [3.05, 3.63) is 51.5 Å². The third-order valence-electron chi connectivity index (χ3n) is 5.17. The van der Waals surface area contributed by atoms with Crippen LogP contribution in [-0.4, -0.2) is 39.7 Å². The van der Waals surface area contributed by atoms with Crippen LogP contribution >= 0.6 is 11.8 Å². The molecule has 0 aliphatic carbocycles. The number of hydrogen-bond donors (Lipinski definition) is 1. The Balaban J connectivity index is 1.93. The van der Waals surface area contributed by atoms with E-state index in [1.54, 1.807) is 11.8 Å². The van der Waals surface area contributed by atoms with Crippen LogP contribution in [0.25, 0.3) is 0 Å². The summed E-state index contributed by atoms with van der Waals surface area (Å²) in [6.45, 7) is 11.0. The molecule has 0 aliphatic heterocycles. The molecule has 7 heteroatoms. The Bertz CT molecular complexity index is 902. The van der Waals surface area contributed by atoms with Crippen molar-refractivity contribution in [3.63, 3.8) is 0 Å². The normalized spacial score (nSPS) is 12.1. The minimum atomic E-state index is -3.53. The van der Waals surface area contributed by atoms with Gasteiger partial charge in [-0.15, -0.1) is 0 Å². The summed E-state index contributed by atoms with van der Waals surface area (Å²) in [5, 5.41) is 0. The lowest BCUT2D eigenvalue weighted by molar-refractivity contribution is 0.344. The number of hydrogen-bond acceptors (Lipinski definition) is 5. The van der Waals surface area contributed by atoms with Crippen molar-refractivity contribution in [3.8, 4) is 0 Å². The molecule has 2 aromatic rings. The van der Waals surface area contributed by atoms with Crippen LogP contribution in [0, 0.1) is 34.6 Å². The molecule has 2 rings (SSSR count). The van der Waals surface area contributed by atoms with Gasteiger partial charge in [-0.3, -0.25) is 0 Å². The van der Waals surface area contributed by atoms with Crippen molar-refractivity contribution in [2.45, 2.75) is 51.8 Å². The Hall–Kier alpha value is -1.28. The van der Waals surface area contributed by atoms with E-state index < -0.39 is 10.0 Å². The van der Waals surface area contributed by atoms with Crippen LogP contribution < -0.4 is 4.72 Å². The first-order chi connectivity index (χ1) is 13.0. The second kappa shape index (κ2) is 9.48. The fraction of sp³-hybridized carbons (Fsp3) is 0.524. The Morgan fingerprint density at radius 2 is 1.46 bits per heavy atom. The molecule has 0 saturated carbocycles. The Morgan fingerprint density at radius 1 is 0.929 bits per heavy atom. The Morgan fingerprint density at radius 3 is 2.04 bits per heavy atom. The van der Waals surface area contributed by atoms with Gasteiger partial charge in [0.25, 0.3) is 0 Å². The summed E-state index contributed by atoms with van der Waals surface area (Å²) in [4.78, 5) is 2.49. The molecule has 0 atom stereocenters. The van der Waals surface area contributed by atoms with Crippen LogP contribution in [-0.2, 0) is 22.3 Å². The molecule has 1 aromatic heterocycles. The highest BCUT2D eigenvalue weighted by molar-refractivity contribution is 7.98. The zero-order valence-electron chi connectivity index (χ0n) is 18.0. The van der Waals surface area contributed by atoms with Crippen molar-refractivity contribution in [2.24, 2.45) is 0 Å². The molecular weight excluding hydrogens is 392 g/mol. The molecule has 0 saturated heterocycles. The molecule has 0 bridgehead atoms. The number of nitrogens with one attached hydrogen (secondary N) is 1. The maximum Gasteiger partial charge on any atom is 0.241 e. The van der Waals surface area contributed by atoms with Gasteiger partial charge in [0.05, 0.1) is 17.2 Å². The standard InChI is InChI=1S/C21H32N2O3S2/c1-14-15(2)17(4)21(18(5)16(14)3)28(24,25)22-10-11-27-13-20-9-8-19(26-20)12-23(6)7/h8-9,22H,10-13H2,1-7H3. The van der Waals surface area contributed by atoms with Gasteiger partial charge in [0.15, 0.2) is 0 Å². The molecule has 0 radical (unpaired) electrons. The number of benzene rings is 1. The predicted molar refractivity (Wildman–Crippen MR) is 118 cm³/mol. The highest BCUT2D eigenvalue weighted by Crippen LogP contribution is 2.29. The molecule has 0 aliphatic rings. The topological polar surface area (TPSA) is 62.6 Å². The summed E-state index contributed by atoms with van der Waals surface area (Å²) >= 11 is 1.66. The SMILES string of the molecule is Cc1c(C)c(C)c(S(=O)(=O)NCCSCc2ccc(CN(C)C)o2)c(C)c1C. The number of thioether (sulfide) groups is 1. The van der Waals surface area contributed by atoms with Gasteiger partial charge < -0.3 is 9.32 Å². The molecule has 156 valence electrons. The van der Waals surface area contributed by atoms with Gasteiger partial charge >= 0.3 is 0 Å². The Labute approximate surface area is 173 Å². The number of furan rings is 1. The lowest BCUT2D eigenvalue weighted by Crippen LogP contribution is -2.28. The Kier molecular flexibility index (Phi) is 7.79. The van der Waals surface area contributed by atoms with Gasteiger partial charge in [-0.05, 0) is 88.7 Å². The van der Waals surface area contributed by atoms with Crippen molar-refractivity contribution in [1.82, 2.24) is 9.62 Å². The van der Waals surface area contributed by atoms with Gasteiger partial charge in [0.2, 0.25) is 10.0 Å². The van der Waals surface area contributed by atoms with Gasteiger partial charge in [0.1, 0.15) is 11.5 Å².